The Kier molecular flexibility index (Phi) is 5.84. The second kappa shape index (κ2) is 7.17. The Morgan fingerprint density at radius 2 is 1.57 bits per heavy atom. The van der Waals surface area contributed by atoms with Crippen molar-refractivity contribution in [3.63, 3.8) is 0 Å². The summed E-state index contributed by atoms with van der Waals surface area (Å²) < 4.78 is 20.6. The lowest BCUT2D eigenvalue weighted by Crippen LogP contribution is -2.46. The van der Waals surface area contributed by atoms with Gasteiger partial charge in [-0.3, -0.25) is 10.1 Å². The maximum atomic E-state index is 11.6. The fourth-order valence-corrected chi connectivity index (χ4v) is 1.89. The highest BCUT2D eigenvalue weighted by molar-refractivity contribution is 5.79. The molecule has 1 rings (SSSR count). The lowest BCUT2D eigenvalue weighted by atomic mass is 10.1. The van der Waals surface area contributed by atoms with Gasteiger partial charge in [-0.05, 0) is 31.5 Å². The molecule has 0 fully saturated rings. The van der Waals surface area contributed by atoms with Crippen molar-refractivity contribution >= 4 is 5.97 Å². The van der Waals surface area contributed by atoms with Gasteiger partial charge in [-0.2, -0.15) is 0 Å². The highest BCUT2D eigenvalue weighted by Gasteiger charge is 2.28. The lowest BCUT2D eigenvalue weighted by Gasteiger charge is -2.23. The highest BCUT2D eigenvalue weighted by atomic mass is 16.5. The van der Waals surface area contributed by atoms with E-state index in [0.29, 0.717) is 23.8 Å². The van der Waals surface area contributed by atoms with Crippen molar-refractivity contribution in [2.45, 2.75) is 25.9 Å². The molecule has 0 unspecified atom stereocenters. The Labute approximate surface area is 125 Å². The van der Waals surface area contributed by atoms with Gasteiger partial charge in [-0.15, -0.1) is 0 Å². The molecule has 0 heterocycles. The summed E-state index contributed by atoms with van der Waals surface area (Å²) in [4.78, 5) is 11.6. The van der Waals surface area contributed by atoms with E-state index in [1.807, 2.05) is 12.1 Å². The van der Waals surface area contributed by atoms with Gasteiger partial charge in [0.15, 0.2) is 11.5 Å². The molecule has 0 aliphatic rings. The molecule has 0 radical (unpaired) electrons. The van der Waals surface area contributed by atoms with Gasteiger partial charge in [0.25, 0.3) is 0 Å². The predicted octanol–water partition coefficient (Wildman–Crippen LogP) is 1.75. The van der Waals surface area contributed by atoms with Crippen molar-refractivity contribution in [3.05, 3.63) is 17.7 Å². The van der Waals surface area contributed by atoms with E-state index in [1.165, 1.54) is 7.11 Å². The number of esters is 1. The van der Waals surface area contributed by atoms with Crippen LogP contribution in [0.2, 0.25) is 0 Å². The average Bonchev–Trinajstić information content (AvgIpc) is 2.50. The fraction of sp³-hybridized carbons (Fsp3) is 0.533. The zero-order valence-electron chi connectivity index (χ0n) is 13.4. The van der Waals surface area contributed by atoms with Gasteiger partial charge in [0.2, 0.25) is 5.75 Å². The smallest absolute Gasteiger partial charge is 0.325 e. The SMILES string of the molecule is COC(=O)C(C)(C)NCc1cc(OC)c(OC)c(OC)c1. The largest absolute Gasteiger partial charge is 0.493 e. The van der Waals surface area contributed by atoms with Crippen molar-refractivity contribution < 1.29 is 23.7 Å². The van der Waals surface area contributed by atoms with Gasteiger partial charge >= 0.3 is 5.97 Å². The molecule has 0 amide bonds. The van der Waals surface area contributed by atoms with Crippen LogP contribution in [0.3, 0.4) is 0 Å². The number of carbonyl (C=O) groups excluding carboxylic acids is 1. The Bertz CT molecular complexity index is 474. The molecule has 1 aromatic carbocycles. The maximum Gasteiger partial charge on any atom is 0.325 e. The Morgan fingerprint density at radius 1 is 1.05 bits per heavy atom. The molecule has 118 valence electrons. The van der Waals surface area contributed by atoms with E-state index in [-0.39, 0.29) is 5.97 Å². The minimum Gasteiger partial charge on any atom is -0.493 e. The van der Waals surface area contributed by atoms with Crippen LogP contribution in [0.4, 0.5) is 0 Å². The highest BCUT2D eigenvalue weighted by Crippen LogP contribution is 2.38. The molecule has 6 heteroatoms. The predicted molar refractivity (Wildman–Crippen MR) is 79.0 cm³/mol. The molecule has 0 spiro atoms. The molecule has 0 atom stereocenters. The summed E-state index contributed by atoms with van der Waals surface area (Å²) in [6, 6.07) is 3.67. The zero-order valence-corrected chi connectivity index (χ0v) is 13.4. The van der Waals surface area contributed by atoms with E-state index in [0.717, 1.165) is 5.56 Å². The first-order valence-electron chi connectivity index (χ1n) is 6.52. The average molecular weight is 297 g/mol. The lowest BCUT2D eigenvalue weighted by molar-refractivity contribution is -0.147. The quantitative estimate of drug-likeness (QED) is 0.774. The first kappa shape index (κ1) is 17.1. The van der Waals surface area contributed by atoms with Gasteiger partial charge in [0.1, 0.15) is 5.54 Å². The van der Waals surface area contributed by atoms with Gasteiger partial charge < -0.3 is 18.9 Å². The summed E-state index contributed by atoms with van der Waals surface area (Å²) in [5.74, 6) is 1.36. The number of benzene rings is 1. The van der Waals surface area contributed by atoms with Crippen molar-refractivity contribution in [2.24, 2.45) is 0 Å². The van der Waals surface area contributed by atoms with Crippen LogP contribution in [0.15, 0.2) is 12.1 Å². The second-order valence-corrected chi connectivity index (χ2v) is 5.00. The Hall–Kier alpha value is -1.95. The minimum atomic E-state index is -0.783. The third-order valence-electron chi connectivity index (χ3n) is 3.15. The molecule has 0 aromatic heterocycles. The van der Waals surface area contributed by atoms with Crippen molar-refractivity contribution in [1.82, 2.24) is 5.32 Å². The van der Waals surface area contributed by atoms with Crippen LogP contribution in [0.1, 0.15) is 19.4 Å². The van der Waals surface area contributed by atoms with Crippen molar-refractivity contribution in [1.29, 1.82) is 0 Å². The standard InChI is InChI=1S/C15H23NO5/c1-15(2,14(17)21-6)16-9-10-7-11(18-3)13(20-5)12(8-10)19-4/h7-8,16H,9H2,1-6H3. The minimum absolute atomic E-state index is 0.324. The van der Waals surface area contributed by atoms with Crippen molar-refractivity contribution in [2.75, 3.05) is 28.4 Å². The van der Waals surface area contributed by atoms with Gasteiger partial charge in [-0.25, -0.2) is 0 Å². The third-order valence-corrected chi connectivity index (χ3v) is 3.15. The Morgan fingerprint density at radius 3 is 1.95 bits per heavy atom. The van der Waals surface area contributed by atoms with E-state index >= 15 is 0 Å². The molecule has 0 saturated carbocycles. The monoisotopic (exact) mass is 297 g/mol. The van der Waals surface area contributed by atoms with E-state index in [1.54, 1.807) is 35.2 Å². The topological polar surface area (TPSA) is 66.0 Å². The zero-order chi connectivity index (χ0) is 16.0. The number of ether oxygens (including phenoxy) is 4. The number of nitrogens with one attached hydrogen (secondary N) is 1. The van der Waals surface area contributed by atoms with Crippen LogP contribution in [0.25, 0.3) is 0 Å². The van der Waals surface area contributed by atoms with Crippen molar-refractivity contribution in [3.8, 4) is 17.2 Å². The van der Waals surface area contributed by atoms with Gasteiger partial charge in [0.05, 0.1) is 28.4 Å². The summed E-state index contributed by atoms with van der Waals surface area (Å²) in [5, 5.41) is 3.14. The molecule has 0 saturated heterocycles. The van der Waals surface area contributed by atoms with E-state index in [2.05, 4.69) is 5.32 Å². The van der Waals surface area contributed by atoms with E-state index in [9.17, 15) is 4.79 Å². The summed E-state index contributed by atoms with van der Waals surface area (Å²) in [6.45, 7) is 3.98. The normalized spacial score (nSPS) is 11.0. The summed E-state index contributed by atoms with van der Waals surface area (Å²) in [7, 11) is 6.05. The molecule has 1 aromatic rings. The molecule has 0 bridgehead atoms. The van der Waals surface area contributed by atoms with Crippen LogP contribution in [-0.4, -0.2) is 39.9 Å². The van der Waals surface area contributed by atoms with Crippen LogP contribution in [0, 0.1) is 0 Å². The first-order chi connectivity index (χ1) is 9.89. The number of hydrogen-bond acceptors (Lipinski definition) is 6. The van der Waals surface area contributed by atoms with Gasteiger partial charge in [0, 0.05) is 6.54 Å². The maximum absolute atomic E-state index is 11.6. The molecule has 0 aliphatic carbocycles. The van der Waals surface area contributed by atoms with Crippen LogP contribution < -0.4 is 19.5 Å². The molecule has 21 heavy (non-hydrogen) atoms. The number of methoxy groups -OCH3 is 4. The van der Waals surface area contributed by atoms with E-state index in [4.69, 9.17) is 18.9 Å². The Balaban J connectivity index is 2.97. The molecular weight excluding hydrogens is 274 g/mol. The van der Waals surface area contributed by atoms with Crippen LogP contribution in [-0.2, 0) is 16.1 Å². The van der Waals surface area contributed by atoms with Crippen LogP contribution >= 0.6 is 0 Å². The number of carbonyl (C=O) groups is 1. The molecule has 0 aliphatic heterocycles. The molecular formula is C15H23NO5. The van der Waals surface area contributed by atoms with Crippen LogP contribution in [0.5, 0.6) is 17.2 Å². The number of rotatable bonds is 7. The summed E-state index contributed by atoms with van der Waals surface area (Å²) in [5.41, 5.74) is 0.122. The second-order valence-electron chi connectivity index (χ2n) is 5.00. The summed E-state index contributed by atoms with van der Waals surface area (Å²) >= 11 is 0. The van der Waals surface area contributed by atoms with Gasteiger partial charge in [-0.1, -0.05) is 0 Å². The molecule has 6 nitrogen and oxygen atoms in total. The van der Waals surface area contributed by atoms with E-state index < -0.39 is 5.54 Å². The fourth-order valence-electron chi connectivity index (χ4n) is 1.89. The third kappa shape index (κ3) is 4.01. The molecule has 1 N–H and O–H groups in total. The first-order valence-corrected chi connectivity index (χ1v) is 6.52. The summed E-state index contributed by atoms with van der Waals surface area (Å²) in [6.07, 6.45) is 0. The number of hydrogen-bond donors (Lipinski definition) is 1.